The largest absolute Gasteiger partial charge is 0.493 e. The van der Waals surface area contributed by atoms with Crippen LogP contribution in [0.15, 0.2) is 66.7 Å². The van der Waals surface area contributed by atoms with Crippen LogP contribution in [0.1, 0.15) is 41.3 Å². The second-order valence-electron chi connectivity index (χ2n) is 9.34. The summed E-state index contributed by atoms with van der Waals surface area (Å²) < 4.78 is 38.7. The first-order valence-electron chi connectivity index (χ1n) is 12.3. The first-order valence-corrected chi connectivity index (χ1v) is 12.3. The van der Waals surface area contributed by atoms with Crippen LogP contribution in [0.2, 0.25) is 0 Å². The van der Waals surface area contributed by atoms with Crippen molar-refractivity contribution in [2.45, 2.75) is 25.2 Å². The van der Waals surface area contributed by atoms with Crippen LogP contribution in [0.5, 0.6) is 11.5 Å². The van der Waals surface area contributed by atoms with Crippen LogP contribution in [0.4, 0.5) is 8.78 Å². The lowest BCUT2D eigenvalue weighted by molar-refractivity contribution is 0.101. The number of nitriles is 1. The molecule has 0 N–H and O–H groups in total. The van der Waals surface area contributed by atoms with Gasteiger partial charge in [-0.1, -0.05) is 24.3 Å². The number of likely N-dealkylation sites (tertiary alicyclic amines) is 1. The Kier molecular flexibility index (Phi) is 8.20. The Morgan fingerprint density at radius 2 is 1.65 bits per heavy atom. The monoisotopic (exact) mass is 504 g/mol. The standard InChI is InChI=1S/C30H30F2N2O3/c1-21(35)22-4-13-28(29(18-22)36-2)37-17-3-15-34-16-14-25(19-34)30(20-33,23-5-9-26(31)10-6-23)24-7-11-27(32)12-8-24/h4-13,18,25H,3,14-17,19H2,1-2H3. The lowest BCUT2D eigenvalue weighted by atomic mass is 9.66. The van der Waals surface area contributed by atoms with Gasteiger partial charge in [0.2, 0.25) is 0 Å². The van der Waals surface area contributed by atoms with Crippen molar-refractivity contribution < 1.29 is 23.0 Å². The molecule has 1 aliphatic rings. The first kappa shape index (κ1) is 26.3. The van der Waals surface area contributed by atoms with Crippen molar-refractivity contribution in [1.82, 2.24) is 4.90 Å². The highest BCUT2D eigenvalue weighted by Gasteiger charge is 2.45. The van der Waals surface area contributed by atoms with E-state index in [0.29, 0.717) is 41.3 Å². The molecule has 0 aromatic heterocycles. The number of benzene rings is 3. The molecule has 4 rings (SSSR count). The molecule has 1 saturated heterocycles. The van der Waals surface area contributed by atoms with Crippen molar-refractivity contribution in [3.63, 3.8) is 0 Å². The quantitative estimate of drug-likeness (QED) is 0.259. The van der Waals surface area contributed by atoms with Gasteiger partial charge >= 0.3 is 0 Å². The zero-order chi connectivity index (χ0) is 26.4. The van der Waals surface area contributed by atoms with Crippen molar-refractivity contribution in [3.8, 4) is 17.6 Å². The number of carbonyl (C=O) groups excluding carboxylic acids is 1. The van der Waals surface area contributed by atoms with Crippen LogP contribution in [0, 0.1) is 28.9 Å². The van der Waals surface area contributed by atoms with Gasteiger partial charge in [0.25, 0.3) is 0 Å². The zero-order valence-electron chi connectivity index (χ0n) is 21.0. The Morgan fingerprint density at radius 3 is 2.19 bits per heavy atom. The maximum atomic E-state index is 13.7. The van der Waals surface area contributed by atoms with Crippen LogP contribution in [-0.2, 0) is 5.41 Å². The van der Waals surface area contributed by atoms with Gasteiger partial charge in [0.1, 0.15) is 17.0 Å². The van der Waals surface area contributed by atoms with Crippen LogP contribution >= 0.6 is 0 Å². The molecule has 1 atom stereocenters. The molecule has 1 fully saturated rings. The predicted octanol–water partition coefficient (Wildman–Crippen LogP) is 5.78. The minimum Gasteiger partial charge on any atom is -0.493 e. The predicted molar refractivity (Wildman–Crippen MR) is 137 cm³/mol. The third kappa shape index (κ3) is 5.65. The van der Waals surface area contributed by atoms with E-state index in [1.165, 1.54) is 31.2 Å². The molecular formula is C30H30F2N2O3. The molecule has 7 heteroatoms. The van der Waals surface area contributed by atoms with E-state index in [1.54, 1.807) is 49.6 Å². The van der Waals surface area contributed by atoms with E-state index in [9.17, 15) is 18.8 Å². The molecule has 1 unspecified atom stereocenters. The Hall–Kier alpha value is -3.76. The Morgan fingerprint density at radius 1 is 1.03 bits per heavy atom. The summed E-state index contributed by atoms with van der Waals surface area (Å²) >= 11 is 0. The average molecular weight is 505 g/mol. The third-order valence-electron chi connectivity index (χ3n) is 7.11. The fraction of sp³-hybridized carbons (Fsp3) is 0.333. The number of ketones is 1. The van der Waals surface area contributed by atoms with Gasteiger partial charge in [-0.15, -0.1) is 0 Å². The number of methoxy groups -OCH3 is 1. The highest BCUT2D eigenvalue weighted by molar-refractivity contribution is 5.94. The average Bonchev–Trinajstić information content (AvgIpc) is 3.38. The molecule has 0 saturated carbocycles. The van der Waals surface area contributed by atoms with Crippen LogP contribution in [-0.4, -0.2) is 44.0 Å². The third-order valence-corrected chi connectivity index (χ3v) is 7.11. The van der Waals surface area contributed by atoms with Crippen molar-refractivity contribution in [2.24, 2.45) is 5.92 Å². The number of hydrogen-bond acceptors (Lipinski definition) is 5. The Bertz CT molecular complexity index is 1220. The maximum absolute atomic E-state index is 13.7. The van der Waals surface area contributed by atoms with Gasteiger partial charge in [-0.25, -0.2) is 8.78 Å². The maximum Gasteiger partial charge on any atom is 0.161 e. The number of nitrogens with zero attached hydrogens (tertiary/aromatic N) is 2. The van der Waals surface area contributed by atoms with Crippen LogP contribution < -0.4 is 9.47 Å². The normalized spacial score (nSPS) is 15.8. The van der Waals surface area contributed by atoms with Crippen molar-refractivity contribution >= 4 is 5.78 Å². The summed E-state index contributed by atoms with van der Waals surface area (Å²) in [5, 5.41) is 10.5. The topological polar surface area (TPSA) is 62.6 Å². The fourth-order valence-corrected chi connectivity index (χ4v) is 5.15. The van der Waals surface area contributed by atoms with E-state index in [4.69, 9.17) is 9.47 Å². The summed E-state index contributed by atoms with van der Waals surface area (Å²) in [6.07, 6.45) is 1.54. The molecule has 192 valence electrons. The second kappa shape index (κ2) is 11.5. The fourth-order valence-electron chi connectivity index (χ4n) is 5.15. The van der Waals surface area contributed by atoms with Gasteiger partial charge in [0.05, 0.1) is 19.8 Å². The zero-order valence-corrected chi connectivity index (χ0v) is 21.0. The molecule has 0 amide bonds. The summed E-state index contributed by atoms with van der Waals surface area (Å²) in [5.41, 5.74) is 0.965. The van der Waals surface area contributed by atoms with Crippen LogP contribution in [0.25, 0.3) is 0 Å². The van der Waals surface area contributed by atoms with Gasteiger partial charge < -0.3 is 14.4 Å². The molecule has 3 aromatic carbocycles. The van der Waals surface area contributed by atoms with E-state index >= 15 is 0 Å². The lowest BCUT2D eigenvalue weighted by Crippen LogP contribution is -2.37. The van der Waals surface area contributed by atoms with E-state index in [-0.39, 0.29) is 23.3 Å². The van der Waals surface area contributed by atoms with E-state index in [0.717, 1.165) is 25.9 Å². The molecule has 0 radical (unpaired) electrons. The van der Waals surface area contributed by atoms with Crippen molar-refractivity contribution in [1.29, 1.82) is 5.26 Å². The van der Waals surface area contributed by atoms with Crippen molar-refractivity contribution in [3.05, 3.63) is 95.1 Å². The van der Waals surface area contributed by atoms with Gasteiger partial charge in [0.15, 0.2) is 17.3 Å². The number of rotatable bonds is 10. The number of ether oxygens (including phenoxy) is 2. The molecule has 1 aliphatic heterocycles. The highest BCUT2D eigenvalue weighted by atomic mass is 19.1. The smallest absolute Gasteiger partial charge is 0.161 e. The lowest BCUT2D eigenvalue weighted by Gasteiger charge is -2.34. The van der Waals surface area contributed by atoms with Gasteiger partial charge in [0, 0.05) is 18.7 Å². The minimum absolute atomic E-state index is 0.0387. The van der Waals surface area contributed by atoms with E-state index in [1.807, 2.05) is 0 Å². The minimum atomic E-state index is -1.02. The Labute approximate surface area is 216 Å². The van der Waals surface area contributed by atoms with Gasteiger partial charge in [-0.3, -0.25) is 4.79 Å². The van der Waals surface area contributed by atoms with Crippen molar-refractivity contribution in [2.75, 3.05) is 33.4 Å². The summed E-state index contributed by atoms with van der Waals surface area (Å²) in [6.45, 7) is 4.24. The first-order chi connectivity index (χ1) is 17.9. The number of halogens is 2. The second-order valence-corrected chi connectivity index (χ2v) is 9.34. The van der Waals surface area contributed by atoms with Gasteiger partial charge in [-0.2, -0.15) is 5.26 Å². The number of Topliss-reactive ketones (excluding diaryl/α,β-unsaturated/α-hetero) is 1. The molecule has 3 aromatic rings. The SMILES string of the molecule is COc1cc(C(C)=O)ccc1OCCCN1CCC(C(C#N)(c2ccc(F)cc2)c2ccc(F)cc2)C1. The molecule has 5 nitrogen and oxygen atoms in total. The van der Waals surface area contributed by atoms with Crippen LogP contribution in [0.3, 0.4) is 0 Å². The molecular weight excluding hydrogens is 474 g/mol. The van der Waals surface area contributed by atoms with Gasteiger partial charge in [-0.05, 0) is 85.8 Å². The molecule has 1 heterocycles. The summed E-state index contributed by atoms with van der Waals surface area (Å²) in [6, 6.07) is 19.8. The summed E-state index contributed by atoms with van der Waals surface area (Å²) in [5.74, 6) is 0.289. The van der Waals surface area contributed by atoms with E-state index < -0.39 is 5.41 Å². The summed E-state index contributed by atoms with van der Waals surface area (Å²) in [4.78, 5) is 13.9. The molecule has 37 heavy (non-hydrogen) atoms. The Balaban J connectivity index is 1.44. The molecule has 0 aliphatic carbocycles. The number of carbonyl (C=O) groups is 1. The summed E-state index contributed by atoms with van der Waals surface area (Å²) in [7, 11) is 1.54. The van der Waals surface area contributed by atoms with E-state index in [2.05, 4.69) is 11.0 Å². The molecule has 0 spiro atoms. The highest BCUT2D eigenvalue weighted by Crippen LogP contribution is 2.43. The number of hydrogen-bond donors (Lipinski definition) is 0. The molecule has 0 bridgehead atoms.